The van der Waals surface area contributed by atoms with Gasteiger partial charge in [-0.3, -0.25) is 0 Å². The minimum absolute atomic E-state index is 0.509. The molecule has 2 heteroatoms. The Labute approximate surface area is 122 Å². The van der Waals surface area contributed by atoms with Crippen LogP contribution in [0.25, 0.3) is 0 Å². The maximum Gasteiger partial charge on any atom is 0.119 e. The maximum atomic E-state index is 5.82. The molecule has 0 spiro atoms. The molecule has 0 aliphatic rings. The predicted molar refractivity (Wildman–Crippen MR) is 84.3 cm³/mol. The first-order chi connectivity index (χ1) is 9.75. The van der Waals surface area contributed by atoms with Crippen molar-refractivity contribution in [2.45, 2.75) is 12.3 Å². The van der Waals surface area contributed by atoms with Crippen molar-refractivity contribution < 1.29 is 4.74 Å². The van der Waals surface area contributed by atoms with E-state index in [0.29, 0.717) is 5.92 Å². The number of para-hydroxylation sites is 1. The SMILES string of the molecule is CN(C)CC(CCOc1ccccc1)c1ccccc1. The van der Waals surface area contributed by atoms with Gasteiger partial charge >= 0.3 is 0 Å². The average molecular weight is 269 g/mol. The Balaban J connectivity index is 1.91. The van der Waals surface area contributed by atoms with Crippen LogP contribution < -0.4 is 4.74 Å². The highest BCUT2D eigenvalue weighted by Crippen LogP contribution is 2.21. The predicted octanol–water partition coefficient (Wildman–Crippen LogP) is 3.80. The van der Waals surface area contributed by atoms with Gasteiger partial charge in [-0.1, -0.05) is 48.5 Å². The summed E-state index contributed by atoms with van der Waals surface area (Å²) >= 11 is 0. The summed E-state index contributed by atoms with van der Waals surface area (Å²) in [6.07, 6.45) is 1.02. The summed E-state index contributed by atoms with van der Waals surface area (Å²) in [6, 6.07) is 20.7. The van der Waals surface area contributed by atoms with Crippen LogP contribution >= 0.6 is 0 Å². The summed E-state index contributed by atoms with van der Waals surface area (Å²) in [7, 11) is 4.24. The van der Waals surface area contributed by atoms with Gasteiger partial charge in [0.05, 0.1) is 6.61 Å². The number of hydrogen-bond acceptors (Lipinski definition) is 2. The number of ether oxygens (including phenoxy) is 1. The molecule has 0 bridgehead atoms. The highest BCUT2D eigenvalue weighted by atomic mass is 16.5. The molecule has 0 N–H and O–H groups in total. The van der Waals surface area contributed by atoms with E-state index >= 15 is 0 Å². The summed E-state index contributed by atoms with van der Waals surface area (Å²) in [4.78, 5) is 2.24. The zero-order valence-corrected chi connectivity index (χ0v) is 12.3. The van der Waals surface area contributed by atoms with E-state index in [1.165, 1.54) is 5.56 Å². The normalized spacial score (nSPS) is 12.3. The molecule has 2 aromatic carbocycles. The average Bonchev–Trinajstić information content (AvgIpc) is 2.48. The van der Waals surface area contributed by atoms with Crippen molar-refractivity contribution in [3.8, 4) is 5.75 Å². The van der Waals surface area contributed by atoms with Crippen LogP contribution in [0.15, 0.2) is 60.7 Å². The third-order valence-corrected chi connectivity index (χ3v) is 3.33. The lowest BCUT2D eigenvalue weighted by Gasteiger charge is -2.21. The molecule has 1 atom stereocenters. The molecular formula is C18H23NO. The maximum absolute atomic E-state index is 5.82. The quantitative estimate of drug-likeness (QED) is 0.758. The summed E-state index contributed by atoms with van der Waals surface area (Å²) in [5, 5.41) is 0. The van der Waals surface area contributed by atoms with Gasteiger partial charge in [-0.25, -0.2) is 0 Å². The van der Waals surface area contributed by atoms with Crippen molar-refractivity contribution in [1.82, 2.24) is 4.90 Å². The number of nitrogens with zero attached hydrogens (tertiary/aromatic N) is 1. The molecule has 2 rings (SSSR count). The zero-order chi connectivity index (χ0) is 14.2. The van der Waals surface area contributed by atoms with E-state index in [2.05, 4.69) is 49.3 Å². The molecule has 0 saturated heterocycles. The number of rotatable bonds is 7. The fourth-order valence-corrected chi connectivity index (χ4v) is 2.37. The Kier molecular flexibility index (Phi) is 5.63. The van der Waals surface area contributed by atoms with Crippen LogP contribution in [0.1, 0.15) is 17.9 Å². The smallest absolute Gasteiger partial charge is 0.119 e. The van der Waals surface area contributed by atoms with Gasteiger partial charge in [0, 0.05) is 6.54 Å². The molecule has 2 aromatic rings. The summed E-state index contributed by atoms with van der Waals surface area (Å²) < 4.78 is 5.82. The van der Waals surface area contributed by atoms with Crippen molar-refractivity contribution in [3.05, 3.63) is 66.2 Å². The Hall–Kier alpha value is -1.80. The minimum atomic E-state index is 0.509. The molecule has 0 amide bonds. The van der Waals surface area contributed by atoms with E-state index in [1.807, 2.05) is 30.3 Å². The largest absolute Gasteiger partial charge is 0.494 e. The topological polar surface area (TPSA) is 12.5 Å². The lowest BCUT2D eigenvalue weighted by molar-refractivity contribution is 0.276. The molecule has 0 aromatic heterocycles. The van der Waals surface area contributed by atoms with Gasteiger partial charge in [0.2, 0.25) is 0 Å². The zero-order valence-electron chi connectivity index (χ0n) is 12.3. The van der Waals surface area contributed by atoms with Crippen molar-refractivity contribution in [2.24, 2.45) is 0 Å². The van der Waals surface area contributed by atoms with Crippen molar-refractivity contribution in [2.75, 3.05) is 27.2 Å². The number of benzene rings is 2. The summed E-state index contributed by atoms with van der Waals surface area (Å²) in [5.41, 5.74) is 1.39. The summed E-state index contributed by atoms with van der Waals surface area (Å²) in [5.74, 6) is 1.46. The van der Waals surface area contributed by atoms with Gasteiger partial charge in [0.15, 0.2) is 0 Å². The third-order valence-electron chi connectivity index (χ3n) is 3.33. The van der Waals surface area contributed by atoms with Gasteiger partial charge in [-0.05, 0) is 44.1 Å². The Bertz CT molecular complexity index is 481. The Morgan fingerprint density at radius 2 is 1.50 bits per heavy atom. The van der Waals surface area contributed by atoms with Crippen LogP contribution in [0.3, 0.4) is 0 Å². The van der Waals surface area contributed by atoms with Gasteiger partial charge < -0.3 is 9.64 Å². The van der Waals surface area contributed by atoms with Crippen LogP contribution in [0.4, 0.5) is 0 Å². The van der Waals surface area contributed by atoms with Crippen LogP contribution in [-0.2, 0) is 0 Å². The molecule has 1 unspecified atom stereocenters. The minimum Gasteiger partial charge on any atom is -0.494 e. The standard InChI is InChI=1S/C18H23NO/c1-19(2)15-17(16-9-5-3-6-10-16)13-14-20-18-11-7-4-8-12-18/h3-12,17H,13-15H2,1-2H3. The highest BCUT2D eigenvalue weighted by Gasteiger charge is 2.12. The first kappa shape index (κ1) is 14.6. The van der Waals surface area contributed by atoms with E-state index < -0.39 is 0 Å². The van der Waals surface area contributed by atoms with Gasteiger partial charge in [-0.2, -0.15) is 0 Å². The van der Waals surface area contributed by atoms with Crippen LogP contribution in [0.5, 0.6) is 5.75 Å². The van der Waals surface area contributed by atoms with Gasteiger partial charge in [-0.15, -0.1) is 0 Å². The van der Waals surface area contributed by atoms with E-state index in [-0.39, 0.29) is 0 Å². The molecule has 0 saturated carbocycles. The Morgan fingerprint density at radius 3 is 2.10 bits per heavy atom. The van der Waals surface area contributed by atoms with Crippen LogP contribution in [0, 0.1) is 0 Å². The van der Waals surface area contributed by atoms with E-state index in [9.17, 15) is 0 Å². The van der Waals surface area contributed by atoms with Gasteiger partial charge in [0.1, 0.15) is 5.75 Å². The van der Waals surface area contributed by atoms with E-state index in [0.717, 1.165) is 25.3 Å². The second kappa shape index (κ2) is 7.71. The number of hydrogen-bond donors (Lipinski definition) is 0. The van der Waals surface area contributed by atoms with Crippen molar-refractivity contribution in [3.63, 3.8) is 0 Å². The van der Waals surface area contributed by atoms with Crippen molar-refractivity contribution in [1.29, 1.82) is 0 Å². The first-order valence-corrected chi connectivity index (χ1v) is 7.13. The molecule has 106 valence electrons. The molecule has 2 nitrogen and oxygen atoms in total. The third kappa shape index (κ3) is 4.71. The monoisotopic (exact) mass is 269 g/mol. The van der Waals surface area contributed by atoms with Gasteiger partial charge in [0.25, 0.3) is 0 Å². The number of likely N-dealkylation sites (N-methyl/N-ethyl adjacent to an activating group) is 1. The fourth-order valence-electron chi connectivity index (χ4n) is 2.37. The highest BCUT2D eigenvalue weighted by molar-refractivity contribution is 5.22. The van der Waals surface area contributed by atoms with Crippen molar-refractivity contribution >= 4 is 0 Å². The lowest BCUT2D eigenvalue weighted by atomic mass is 9.96. The van der Waals surface area contributed by atoms with Crippen LogP contribution in [-0.4, -0.2) is 32.1 Å². The molecule has 0 heterocycles. The molecule has 0 radical (unpaired) electrons. The first-order valence-electron chi connectivity index (χ1n) is 7.13. The molecular weight excluding hydrogens is 246 g/mol. The second-order valence-corrected chi connectivity index (χ2v) is 5.32. The molecule has 20 heavy (non-hydrogen) atoms. The second-order valence-electron chi connectivity index (χ2n) is 5.32. The van der Waals surface area contributed by atoms with E-state index in [1.54, 1.807) is 0 Å². The molecule has 0 aliphatic carbocycles. The van der Waals surface area contributed by atoms with Crippen LogP contribution in [0.2, 0.25) is 0 Å². The molecule has 0 fully saturated rings. The lowest BCUT2D eigenvalue weighted by Crippen LogP contribution is -2.21. The Morgan fingerprint density at radius 1 is 0.900 bits per heavy atom. The molecule has 0 aliphatic heterocycles. The van der Waals surface area contributed by atoms with E-state index in [4.69, 9.17) is 4.74 Å². The fraction of sp³-hybridized carbons (Fsp3) is 0.333. The summed E-state index contributed by atoms with van der Waals surface area (Å²) in [6.45, 7) is 1.79.